The first kappa shape index (κ1) is 24.1. The van der Waals surface area contributed by atoms with Gasteiger partial charge < -0.3 is 14.6 Å². The van der Waals surface area contributed by atoms with E-state index < -0.39 is 5.54 Å². The van der Waals surface area contributed by atoms with Crippen molar-refractivity contribution in [1.29, 1.82) is 5.26 Å². The highest BCUT2D eigenvalue weighted by molar-refractivity contribution is 8.00. The molecule has 172 valence electrons. The van der Waals surface area contributed by atoms with Crippen LogP contribution in [0, 0.1) is 17.2 Å². The molecule has 1 aromatic heterocycles. The number of nitrogens with zero attached hydrogens (tertiary/aromatic N) is 4. The molecule has 1 aliphatic rings. The largest absolute Gasteiger partial charge is 0.486 e. The van der Waals surface area contributed by atoms with Crippen LogP contribution in [0.1, 0.15) is 65.1 Å². The number of carbonyl (C=O) groups excluding carboxylic acids is 1. The Morgan fingerprint density at radius 3 is 2.59 bits per heavy atom. The van der Waals surface area contributed by atoms with Gasteiger partial charge in [0.1, 0.15) is 17.9 Å². The van der Waals surface area contributed by atoms with Crippen molar-refractivity contribution in [3.8, 4) is 11.8 Å². The Morgan fingerprint density at radius 1 is 1.22 bits per heavy atom. The van der Waals surface area contributed by atoms with E-state index in [1.807, 2.05) is 37.3 Å². The summed E-state index contributed by atoms with van der Waals surface area (Å²) < 4.78 is 7.94. The predicted molar refractivity (Wildman–Crippen MR) is 125 cm³/mol. The highest BCUT2D eigenvalue weighted by atomic mass is 32.2. The summed E-state index contributed by atoms with van der Waals surface area (Å²) in [5.41, 5.74) is -0.732. The van der Waals surface area contributed by atoms with Gasteiger partial charge in [-0.05, 0) is 44.2 Å². The number of hydrogen-bond acceptors (Lipinski definition) is 6. The lowest BCUT2D eigenvalue weighted by atomic mass is 9.83. The zero-order chi connectivity index (χ0) is 23.0. The molecule has 0 aliphatic heterocycles. The molecule has 0 saturated heterocycles. The van der Waals surface area contributed by atoms with Crippen LogP contribution in [0.2, 0.25) is 0 Å². The van der Waals surface area contributed by atoms with E-state index >= 15 is 0 Å². The van der Waals surface area contributed by atoms with Gasteiger partial charge in [0, 0.05) is 6.54 Å². The van der Waals surface area contributed by atoms with Crippen molar-refractivity contribution < 1.29 is 9.53 Å². The summed E-state index contributed by atoms with van der Waals surface area (Å²) in [7, 11) is 0. The van der Waals surface area contributed by atoms with Crippen LogP contribution in [0.5, 0.6) is 5.75 Å². The molecule has 0 radical (unpaired) electrons. The number of ether oxygens (including phenoxy) is 1. The van der Waals surface area contributed by atoms with Crippen molar-refractivity contribution >= 4 is 17.7 Å². The van der Waals surface area contributed by atoms with Crippen LogP contribution in [0.15, 0.2) is 35.5 Å². The van der Waals surface area contributed by atoms with E-state index in [4.69, 9.17) is 4.74 Å². The number of nitrogens with one attached hydrogen (secondary N) is 1. The van der Waals surface area contributed by atoms with E-state index in [9.17, 15) is 10.1 Å². The third kappa shape index (κ3) is 6.49. The van der Waals surface area contributed by atoms with E-state index in [1.54, 1.807) is 0 Å². The van der Waals surface area contributed by atoms with Gasteiger partial charge in [-0.15, -0.1) is 10.2 Å². The molecule has 32 heavy (non-hydrogen) atoms. The third-order valence-corrected chi connectivity index (χ3v) is 6.85. The highest BCUT2D eigenvalue weighted by Crippen LogP contribution is 2.29. The van der Waals surface area contributed by atoms with Crippen molar-refractivity contribution in [1.82, 2.24) is 20.1 Å². The number of hydrogen-bond donors (Lipinski definition) is 1. The zero-order valence-corrected chi connectivity index (χ0v) is 20.0. The first-order chi connectivity index (χ1) is 15.4. The van der Waals surface area contributed by atoms with Crippen molar-refractivity contribution in [2.75, 3.05) is 0 Å². The fourth-order valence-electron chi connectivity index (χ4n) is 3.76. The third-order valence-electron chi connectivity index (χ3n) is 5.77. The van der Waals surface area contributed by atoms with Crippen LogP contribution < -0.4 is 10.1 Å². The molecule has 7 nitrogen and oxygen atoms in total. The summed E-state index contributed by atoms with van der Waals surface area (Å²) in [5.74, 6) is 1.92. The summed E-state index contributed by atoms with van der Waals surface area (Å²) in [5, 5.41) is 21.7. The number of thioether (sulfide) groups is 1. The first-order valence-corrected chi connectivity index (χ1v) is 12.3. The lowest BCUT2D eigenvalue weighted by molar-refractivity contribution is -0.121. The number of para-hydroxylation sites is 1. The van der Waals surface area contributed by atoms with Gasteiger partial charge in [-0.2, -0.15) is 5.26 Å². The van der Waals surface area contributed by atoms with Crippen molar-refractivity contribution in [2.24, 2.45) is 5.92 Å². The number of nitriles is 1. The Balaban J connectivity index is 1.69. The van der Waals surface area contributed by atoms with E-state index in [1.165, 1.54) is 11.8 Å². The lowest BCUT2D eigenvalue weighted by Crippen LogP contribution is -2.51. The predicted octanol–water partition coefficient (Wildman–Crippen LogP) is 4.73. The van der Waals surface area contributed by atoms with Gasteiger partial charge in [0.25, 0.3) is 0 Å². The number of carbonyl (C=O) groups is 1. The first-order valence-electron chi connectivity index (χ1n) is 11.4. The van der Waals surface area contributed by atoms with Gasteiger partial charge in [0.05, 0.1) is 11.3 Å². The minimum absolute atomic E-state index is 0.126. The summed E-state index contributed by atoms with van der Waals surface area (Å²) >= 11 is 1.38. The Labute approximate surface area is 194 Å². The van der Waals surface area contributed by atoms with E-state index in [0.29, 0.717) is 17.7 Å². The van der Waals surface area contributed by atoms with E-state index in [2.05, 4.69) is 40.0 Å². The molecule has 1 fully saturated rings. The average Bonchev–Trinajstić information content (AvgIpc) is 3.18. The van der Waals surface area contributed by atoms with Crippen LogP contribution in [0.25, 0.3) is 0 Å². The SMILES string of the molecule is CC(C)CCn1c(COc2ccccc2)nnc1SC(C)C(=O)NC1(C#N)CCCCC1. The Kier molecular flexibility index (Phi) is 8.57. The van der Waals surface area contributed by atoms with Gasteiger partial charge in [-0.3, -0.25) is 4.79 Å². The number of aromatic nitrogens is 3. The maximum Gasteiger partial charge on any atom is 0.234 e. The molecule has 1 atom stereocenters. The second-order valence-electron chi connectivity index (χ2n) is 8.84. The monoisotopic (exact) mass is 455 g/mol. The maximum atomic E-state index is 12.9. The molecular formula is C24H33N5O2S. The summed E-state index contributed by atoms with van der Waals surface area (Å²) in [4.78, 5) is 12.9. The fourth-order valence-corrected chi connectivity index (χ4v) is 4.65. The van der Waals surface area contributed by atoms with Crippen LogP contribution in [-0.4, -0.2) is 31.5 Å². The number of amides is 1. The minimum atomic E-state index is -0.732. The van der Waals surface area contributed by atoms with Gasteiger partial charge >= 0.3 is 0 Å². The summed E-state index contributed by atoms with van der Waals surface area (Å²) in [6.45, 7) is 7.29. The molecule has 1 aromatic carbocycles. The summed E-state index contributed by atoms with van der Waals surface area (Å²) in [6.07, 6.45) is 5.49. The molecule has 1 aliphatic carbocycles. The van der Waals surface area contributed by atoms with Gasteiger partial charge in [0.2, 0.25) is 5.91 Å². The molecular weight excluding hydrogens is 422 g/mol. The fraction of sp³-hybridized carbons (Fsp3) is 0.583. The highest BCUT2D eigenvalue weighted by Gasteiger charge is 2.35. The normalized spacial score (nSPS) is 16.3. The van der Waals surface area contributed by atoms with E-state index in [-0.39, 0.29) is 11.2 Å². The van der Waals surface area contributed by atoms with Gasteiger partial charge in [-0.25, -0.2) is 0 Å². The molecule has 3 rings (SSSR count). The van der Waals surface area contributed by atoms with Crippen molar-refractivity contribution in [2.45, 2.75) is 88.4 Å². The average molecular weight is 456 g/mol. The quantitative estimate of drug-likeness (QED) is 0.521. The molecule has 0 bridgehead atoms. The topological polar surface area (TPSA) is 92.8 Å². The molecule has 8 heteroatoms. The smallest absolute Gasteiger partial charge is 0.234 e. The Hall–Kier alpha value is -2.53. The van der Waals surface area contributed by atoms with Crippen LogP contribution >= 0.6 is 11.8 Å². The Morgan fingerprint density at radius 2 is 1.94 bits per heavy atom. The maximum absolute atomic E-state index is 12.9. The van der Waals surface area contributed by atoms with E-state index in [0.717, 1.165) is 56.6 Å². The molecule has 1 heterocycles. The second kappa shape index (κ2) is 11.4. The molecule has 1 amide bonds. The standard InChI is InChI=1S/C24H33N5O2S/c1-18(2)12-15-29-21(16-31-20-10-6-4-7-11-20)27-28-23(29)32-19(3)22(30)26-24(17-25)13-8-5-9-14-24/h4,6-7,10-11,18-19H,5,8-9,12-16H2,1-3H3,(H,26,30). The Bertz CT molecular complexity index is 916. The van der Waals surface area contributed by atoms with Crippen LogP contribution in [0.4, 0.5) is 0 Å². The second-order valence-corrected chi connectivity index (χ2v) is 10.1. The molecule has 1 unspecified atom stereocenters. The van der Waals surface area contributed by atoms with Crippen molar-refractivity contribution in [3.63, 3.8) is 0 Å². The number of benzene rings is 1. The van der Waals surface area contributed by atoms with Crippen molar-refractivity contribution in [3.05, 3.63) is 36.2 Å². The molecule has 2 aromatic rings. The number of rotatable bonds is 10. The molecule has 0 spiro atoms. The lowest BCUT2D eigenvalue weighted by Gasteiger charge is -2.32. The van der Waals surface area contributed by atoms with Crippen LogP contribution in [0.3, 0.4) is 0 Å². The van der Waals surface area contributed by atoms with Crippen LogP contribution in [-0.2, 0) is 17.9 Å². The summed E-state index contributed by atoms with van der Waals surface area (Å²) in [6, 6.07) is 12.0. The molecule has 1 saturated carbocycles. The van der Waals surface area contributed by atoms with Gasteiger partial charge in [0.15, 0.2) is 11.0 Å². The molecule has 1 N–H and O–H groups in total. The van der Waals surface area contributed by atoms with Gasteiger partial charge in [-0.1, -0.05) is 63.1 Å². The zero-order valence-electron chi connectivity index (χ0n) is 19.2. The minimum Gasteiger partial charge on any atom is -0.486 e.